The first kappa shape index (κ1) is 20.7. The van der Waals surface area contributed by atoms with Crippen LogP contribution in [0.4, 0.5) is 0 Å². The molecule has 0 aliphatic rings. The van der Waals surface area contributed by atoms with Crippen LogP contribution in [0.2, 0.25) is 0 Å². The van der Waals surface area contributed by atoms with Crippen LogP contribution >= 0.6 is 19.0 Å². The van der Waals surface area contributed by atoms with Gasteiger partial charge in [0.05, 0.1) is 0 Å². The first-order valence-corrected chi connectivity index (χ1v) is 10.2. The monoisotopic (exact) mass is 338 g/mol. The molecule has 5 nitrogen and oxygen atoms in total. The molecular weight excluding hydrogens is 311 g/mol. The molecule has 1 N–H and O–H groups in total. The Morgan fingerprint density at radius 2 is 1.76 bits per heavy atom. The third kappa shape index (κ3) is 14.4. The molecule has 2 atom stereocenters. The second-order valence-electron chi connectivity index (χ2n) is 4.93. The van der Waals surface area contributed by atoms with E-state index in [1.165, 1.54) is 32.1 Å². The molecule has 0 amide bonds. The van der Waals surface area contributed by atoms with E-state index in [1.54, 1.807) is 0 Å². The summed E-state index contributed by atoms with van der Waals surface area (Å²) < 4.78 is 20.7. The summed E-state index contributed by atoms with van der Waals surface area (Å²) in [6.07, 6.45) is 9.35. The molecule has 0 rings (SSSR count). The molecule has 0 saturated heterocycles. The Balaban J connectivity index is 3.87. The molecular formula is C14H27O5PS. The minimum absolute atomic E-state index is 0.375. The fourth-order valence-electron chi connectivity index (χ4n) is 1.91. The number of unbranched alkanes of at least 4 members (excludes halogenated alkanes) is 7. The van der Waals surface area contributed by atoms with Gasteiger partial charge in [-0.2, -0.15) is 0 Å². The van der Waals surface area contributed by atoms with Crippen LogP contribution in [0.5, 0.6) is 0 Å². The fraction of sp³-hybridized carbons (Fsp3) is 0.786. The molecule has 124 valence electrons. The van der Waals surface area contributed by atoms with Crippen LogP contribution in [0.1, 0.15) is 64.7 Å². The van der Waals surface area contributed by atoms with E-state index in [4.69, 9.17) is 14.2 Å². The van der Waals surface area contributed by atoms with Gasteiger partial charge in [-0.15, -0.1) is 0 Å². The van der Waals surface area contributed by atoms with Crippen molar-refractivity contribution < 1.29 is 23.5 Å². The maximum atomic E-state index is 11.1. The van der Waals surface area contributed by atoms with Gasteiger partial charge in [-0.05, 0) is 6.42 Å². The largest absolute Gasteiger partial charge is 0.432 e. The van der Waals surface area contributed by atoms with E-state index in [2.05, 4.69) is 25.8 Å². The summed E-state index contributed by atoms with van der Waals surface area (Å²) in [5.41, 5.74) is 0. The molecule has 0 saturated carbocycles. The molecule has 21 heavy (non-hydrogen) atoms. The maximum absolute atomic E-state index is 11.1. The summed E-state index contributed by atoms with van der Waals surface area (Å²) in [5.74, 6) is -0.679. The van der Waals surface area contributed by atoms with Crippen LogP contribution in [-0.4, -0.2) is 17.2 Å². The van der Waals surface area contributed by atoms with Gasteiger partial charge in [0.15, 0.2) is 0 Å². The van der Waals surface area contributed by atoms with Crippen molar-refractivity contribution in [2.45, 2.75) is 71.0 Å². The molecule has 0 aromatic heterocycles. The number of hydrogen-bond donors (Lipinski definition) is 2. The summed E-state index contributed by atoms with van der Waals surface area (Å²) in [4.78, 5) is 20.2. The molecule has 0 aliphatic carbocycles. The van der Waals surface area contributed by atoms with Gasteiger partial charge in [0, 0.05) is 12.5 Å². The van der Waals surface area contributed by atoms with Gasteiger partial charge < -0.3 is 9.63 Å². The minimum atomic E-state index is -3.98. The highest BCUT2D eigenvalue weighted by molar-refractivity contribution is 8.44. The molecule has 0 aliphatic heterocycles. The van der Waals surface area contributed by atoms with E-state index in [0.29, 0.717) is 6.42 Å². The van der Waals surface area contributed by atoms with E-state index in [-0.39, 0.29) is 0 Å². The minimum Gasteiger partial charge on any atom is -0.432 e. The normalized spacial score (nSPS) is 15.2. The van der Waals surface area contributed by atoms with Crippen LogP contribution < -0.4 is 0 Å². The van der Waals surface area contributed by atoms with Crippen molar-refractivity contribution in [3.8, 4) is 0 Å². The summed E-state index contributed by atoms with van der Waals surface area (Å²) >= 11 is 3.43. The Morgan fingerprint density at radius 1 is 1.24 bits per heavy atom. The van der Waals surface area contributed by atoms with Crippen molar-refractivity contribution in [1.82, 2.24) is 0 Å². The fourth-order valence-corrected chi connectivity index (χ4v) is 2.68. The van der Waals surface area contributed by atoms with Crippen molar-refractivity contribution in [1.29, 1.82) is 0 Å². The number of esters is 1. The maximum Gasteiger partial charge on any atom is 0.386 e. The predicted molar refractivity (Wildman–Crippen MR) is 87.2 cm³/mol. The quantitative estimate of drug-likeness (QED) is 0.128. The van der Waals surface area contributed by atoms with Crippen LogP contribution in [0.15, 0.2) is 12.7 Å². The standard InChI is InChI=1S/C14H27O5PS/c1-3-5-6-7-8-9-10-11-12-14(18-13(15)4-2)19-20(16,17)21/h4,14H,2-3,5-12H2,1H3,(H2,16,17,21). The van der Waals surface area contributed by atoms with E-state index >= 15 is 0 Å². The van der Waals surface area contributed by atoms with Crippen molar-refractivity contribution in [2.24, 2.45) is 0 Å². The van der Waals surface area contributed by atoms with E-state index in [1.807, 2.05) is 0 Å². The zero-order chi connectivity index (χ0) is 16.1. The average molecular weight is 338 g/mol. The highest BCUT2D eigenvalue weighted by Gasteiger charge is 2.22. The Bertz CT molecular complexity index is 342. The molecule has 0 aromatic rings. The zero-order valence-electron chi connectivity index (χ0n) is 12.7. The molecule has 0 spiro atoms. The predicted octanol–water partition coefficient (Wildman–Crippen LogP) is 4.62. The van der Waals surface area contributed by atoms with Gasteiger partial charge in [0.1, 0.15) is 0 Å². The highest BCUT2D eigenvalue weighted by Crippen LogP contribution is 2.48. The van der Waals surface area contributed by atoms with Crippen molar-refractivity contribution in [3.05, 3.63) is 12.7 Å². The molecule has 2 unspecified atom stereocenters. The van der Waals surface area contributed by atoms with Crippen LogP contribution in [-0.2, 0) is 18.6 Å². The topological polar surface area (TPSA) is 72.8 Å². The Labute approximate surface area is 132 Å². The molecule has 7 heteroatoms. The van der Waals surface area contributed by atoms with Gasteiger partial charge >= 0.3 is 12.8 Å². The van der Waals surface area contributed by atoms with E-state index in [9.17, 15) is 9.36 Å². The number of carbonyl (C=O) groups is 1. The summed E-state index contributed by atoms with van der Waals surface area (Å²) in [6.45, 7) is 1.48. The lowest BCUT2D eigenvalue weighted by Gasteiger charge is -2.18. The Kier molecular flexibility index (Phi) is 12.1. The SMILES string of the molecule is C=CC(=O)OC(CCCCCCCCCC)OP(=O)(O)S. The van der Waals surface area contributed by atoms with Crippen molar-refractivity contribution in [3.63, 3.8) is 0 Å². The Morgan fingerprint density at radius 3 is 2.24 bits per heavy atom. The summed E-state index contributed by atoms with van der Waals surface area (Å²) in [7, 11) is 0. The highest BCUT2D eigenvalue weighted by atomic mass is 32.7. The zero-order valence-corrected chi connectivity index (χ0v) is 14.5. The summed E-state index contributed by atoms with van der Waals surface area (Å²) in [6, 6.07) is 0. The number of carbonyl (C=O) groups excluding carboxylic acids is 1. The molecule has 0 bridgehead atoms. The lowest BCUT2D eigenvalue weighted by atomic mass is 10.1. The number of ether oxygens (including phenoxy) is 1. The molecule has 0 radical (unpaired) electrons. The number of hydrogen-bond acceptors (Lipinski definition) is 4. The molecule has 0 heterocycles. The average Bonchev–Trinajstić information content (AvgIpc) is 2.39. The molecule has 0 aromatic carbocycles. The van der Waals surface area contributed by atoms with Crippen LogP contribution in [0.3, 0.4) is 0 Å². The lowest BCUT2D eigenvalue weighted by Crippen LogP contribution is -2.18. The smallest absolute Gasteiger partial charge is 0.386 e. The lowest BCUT2D eigenvalue weighted by molar-refractivity contribution is -0.158. The summed E-state index contributed by atoms with van der Waals surface area (Å²) in [5, 5.41) is 0. The van der Waals surface area contributed by atoms with Crippen LogP contribution in [0.25, 0.3) is 0 Å². The van der Waals surface area contributed by atoms with Crippen LogP contribution in [0, 0.1) is 0 Å². The number of rotatable bonds is 13. The number of thiol groups is 1. The van der Waals surface area contributed by atoms with E-state index in [0.717, 1.165) is 25.3 Å². The van der Waals surface area contributed by atoms with E-state index < -0.39 is 19.1 Å². The second kappa shape index (κ2) is 12.3. The third-order valence-electron chi connectivity index (χ3n) is 2.96. The third-order valence-corrected chi connectivity index (χ3v) is 3.76. The first-order valence-electron chi connectivity index (χ1n) is 7.46. The molecule has 0 fully saturated rings. The van der Waals surface area contributed by atoms with Gasteiger partial charge in [0.2, 0.25) is 6.29 Å². The van der Waals surface area contributed by atoms with Gasteiger partial charge in [-0.1, -0.05) is 70.7 Å². The van der Waals surface area contributed by atoms with Gasteiger partial charge in [0.25, 0.3) is 0 Å². The van der Waals surface area contributed by atoms with Crippen molar-refractivity contribution >= 4 is 25.0 Å². The van der Waals surface area contributed by atoms with Gasteiger partial charge in [-0.25, -0.2) is 9.36 Å². The van der Waals surface area contributed by atoms with Crippen molar-refractivity contribution in [2.75, 3.05) is 0 Å². The second-order valence-corrected chi connectivity index (χ2v) is 7.64. The van der Waals surface area contributed by atoms with Gasteiger partial charge in [-0.3, -0.25) is 4.52 Å². The Hall–Kier alpha value is -0.290. The first-order chi connectivity index (χ1) is 9.89.